The van der Waals surface area contributed by atoms with Gasteiger partial charge in [0, 0.05) is 0 Å². The van der Waals surface area contributed by atoms with Gasteiger partial charge in [0.05, 0.1) is 6.04 Å². The van der Waals surface area contributed by atoms with Crippen LogP contribution in [0.1, 0.15) is 41.0 Å². The first-order valence-electron chi connectivity index (χ1n) is 5.07. The van der Waals surface area contributed by atoms with E-state index in [1.165, 1.54) is 0 Å². The highest BCUT2D eigenvalue weighted by atomic mass is 16.1. The molecular formula is C11H26N2O. The molecule has 14 heavy (non-hydrogen) atoms. The maximum atomic E-state index is 10.3. The Bertz CT molecular complexity index is 133. The van der Waals surface area contributed by atoms with Crippen molar-refractivity contribution in [3.8, 4) is 0 Å². The maximum absolute atomic E-state index is 10.3. The number of hydrogen-bond acceptors (Lipinski definition) is 2. The third-order valence-corrected chi connectivity index (χ3v) is 1.09. The monoisotopic (exact) mass is 202 g/mol. The molecular weight excluding hydrogens is 176 g/mol. The average Bonchev–Trinajstić information content (AvgIpc) is 2.08. The summed E-state index contributed by atoms with van der Waals surface area (Å²) in [6.45, 7) is 13.3. The molecule has 0 fully saturated rings. The van der Waals surface area contributed by atoms with Crippen LogP contribution in [0, 0.1) is 5.92 Å². The highest BCUT2D eigenvalue weighted by Gasteiger charge is 2.09. The number of carbonyl (C=O) groups excluding carboxylic acids is 1. The molecule has 86 valence electrons. The highest BCUT2D eigenvalue weighted by molar-refractivity contribution is 5.79. The quantitative estimate of drug-likeness (QED) is 0.688. The zero-order valence-corrected chi connectivity index (χ0v) is 10.2. The molecule has 3 heteroatoms. The van der Waals surface area contributed by atoms with Crippen molar-refractivity contribution in [2.24, 2.45) is 17.4 Å². The summed E-state index contributed by atoms with van der Waals surface area (Å²) >= 11 is 0. The molecule has 4 N–H and O–H groups in total. The molecule has 0 aliphatic heterocycles. The van der Waals surface area contributed by atoms with Crippen LogP contribution in [-0.4, -0.2) is 11.9 Å². The van der Waals surface area contributed by atoms with Gasteiger partial charge in [0.25, 0.3) is 0 Å². The summed E-state index contributed by atoms with van der Waals surface area (Å²) in [6, 6.07) is -0.468. The first kappa shape index (κ1) is 18.9. The Kier molecular flexibility index (Phi) is 19.8. The summed E-state index contributed by atoms with van der Waals surface area (Å²) in [5, 5.41) is 0. The van der Waals surface area contributed by atoms with E-state index in [-0.39, 0.29) is 0 Å². The molecule has 0 spiro atoms. The Morgan fingerprint density at radius 2 is 1.71 bits per heavy atom. The minimum absolute atomic E-state index is 0.413. The number of nitrogens with two attached hydrogens (primary N) is 2. The molecule has 0 aromatic heterocycles. The van der Waals surface area contributed by atoms with E-state index in [9.17, 15) is 4.79 Å². The van der Waals surface area contributed by atoms with Gasteiger partial charge in [-0.3, -0.25) is 4.79 Å². The van der Waals surface area contributed by atoms with Gasteiger partial charge in [0.2, 0.25) is 5.91 Å². The Morgan fingerprint density at radius 3 is 1.79 bits per heavy atom. The van der Waals surface area contributed by atoms with E-state index in [0.717, 1.165) is 0 Å². The topological polar surface area (TPSA) is 69.1 Å². The summed E-state index contributed by atoms with van der Waals surface area (Å²) in [5.74, 6) is 0.0243. The second kappa shape index (κ2) is 14.7. The van der Waals surface area contributed by atoms with Crippen LogP contribution in [0.4, 0.5) is 0 Å². The van der Waals surface area contributed by atoms with Gasteiger partial charge >= 0.3 is 0 Å². The smallest absolute Gasteiger partial charge is 0.234 e. The molecule has 1 unspecified atom stereocenters. The molecule has 0 saturated heterocycles. The van der Waals surface area contributed by atoms with Crippen molar-refractivity contribution in [3.63, 3.8) is 0 Å². The van der Waals surface area contributed by atoms with Gasteiger partial charge < -0.3 is 11.5 Å². The van der Waals surface area contributed by atoms with Crippen molar-refractivity contribution in [3.05, 3.63) is 12.7 Å². The number of carbonyl (C=O) groups is 1. The molecule has 0 aromatic rings. The first-order chi connectivity index (χ1) is 6.45. The predicted octanol–water partition coefficient (Wildman–Crippen LogP) is 2.06. The molecule has 3 nitrogen and oxygen atoms in total. The van der Waals surface area contributed by atoms with Crippen molar-refractivity contribution in [2.75, 3.05) is 0 Å². The molecule has 1 atom stereocenters. The van der Waals surface area contributed by atoms with E-state index in [0.29, 0.717) is 12.3 Å². The van der Waals surface area contributed by atoms with Gasteiger partial charge in [-0.05, 0) is 19.3 Å². The second-order valence-electron chi connectivity index (χ2n) is 3.05. The Morgan fingerprint density at radius 1 is 1.43 bits per heavy atom. The summed E-state index contributed by atoms with van der Waals surface area (Å²) in [7, 11) is 0. The van der Waals surface area contributed by atoms with Crippen LogP contribution < -0.4 is 11.5 Å². The molecule has 0 bridgehead atoms. The fourth-order valence-corrected chi connectivity index (χ4v) is 0.624. The zero-order valence-electron chi connectivity index (χ0n) is 10.2. The summed E-state index contributed by atoms with van der Waals surface area (Å²) in [4.78, 5) is 10.3. The van der Waals surface area contributed by atoms with Gasteiger partial charge in [-0.25, -0.2) is 0 Å². The minimum atomic E-state index is -0.468. The fourth-order valence-electron chi connectivity index (χ4n) is 0.624. The normalized spacial score (nSPS) is 10.2. The third-order valence-electron chi connectivity index (χ3n) is 1.09. The minimum Gasteiger partial charge on any atom is -0.368 e. The molecule has 0 radical (unpaired) electrons. The predicted molar refractivity (Wildman–Crippen MR) is 63.8 cm³/mol. The van der Waals surface area contributed by atoms with Gasteiger partial charge in [-0.2, -0.15) is 0 Å². The van der Waals surface area contributed by atoms with Crippen LogP contribution in [0.2, 0.25) is 0 Å². The van der Waals surface area contributed by atoms with Crippen molar-refractivity contribution in [1.82, 2.24) is 0 Å². The fraction of sp³-hybridized carbons (Fsp3) is 0.727. The lowest BCUT2D eigenvalue weighted by molar-refractivity contribution is -0.119. The Balaban J connectivity index is -0.000000205. The molecule has 0 rings (SSSR count). The molecule has 0 aromatic carbocycles. The maximum Gasteiger partial charge on any atom is 0.234 e. The lowest BCUT2D eigenvalue weighted by Gasteiger charge is -2.08. The van der Waals surface area contributed by atoms with Crippen LogP contribution >= 0.6 is 0 Å². The van der Waals surface area contributed by atoms with Crippen LogP contribution in [-0.2, 0) is 4.79 Å². The van der Waals surface area contributed by atoms with Crippen LogP contribution in [0.15, 0.2) is 12.7 Å². The van der Waals surface area contributed by atoms with E-state index in [2.05, 4.69) is 6.58 Å². The lowest BCUT2D eigenvalue weighted by Crippen LogP contribution is -2.37. The number of allylic oxidation sites excluding steroid dienone is 1. The molecule has 0 aliphatic rings. The Hall–Kier alpha value is -0.830. The van der Waals surface area contributed by atoms with Crippen molar-refractivity contribution >= 4 is 5.91 Å². The van der Waals surface area contributed by atoms with E-state index in [1.54, 1.807) is 6.08 Å². The standard InChI is InChI=1S/C6H14N2O.C3H6.C2H6/c1-4(2)3-5(7)6(8)9;1-3-2;1-2/h4-5H,3,7H2,1-2H3,(H2,8,9);3H,1H2,2H3;1-2H3. The number of amides is 1. The molecule has 0 heterocycles. The molecule has 0 saturated carbocycles. The van der Waals surface area contributed by atoms with E-state index < -0.39 is 11.9 Å². The second-order valence-corrected chi connectivity index (χ2v) is 3.05. The van der Waals surface area contributed by atoms with Gasteiger partial charge in [0.1, 0.15) is 0 Å². The largest absolute Gasteiger partial charge is 0.368 e. The van der Waals surface area contributed by atoms with Crippen molar-refractivity contribution in [2.45, 2.75) is 47.1 Å². The summed E-state index contributed by atoms with van der Waals surface area (Å²) in [6.07, 6.45) is 2.43. The van der Waals surface area contributed by atoms with E-state index in [4.69, 9.17) is 11.5 Å². The number of rotatable bonds is 3. The zero-order chi connectivity index (χ0) is 12.1. The summed E-state index contributed by atoms with van der Waals surface area (Å²) < 4.78 is 0. The molecule has 0 aliphatic carbocycles. The van der Waals surface area contributed by atoms with E-state index >= 15 is 0 Å². The Labute approximate surface area is 88.6 Å². The van der Waals surface area contributed by atoms with Gasteiger partial charge in [0.15, 0.2) is 0 Å². The van der Waals surface area contributed by atoms with Gasteiger partial charge in [-0.15, -0.1) is 6.58 Å². The van der Waals surface area contributed by atoms with Crippen LogP contribution in [0.5, 0.6) is 0 Å². The average molecular weight is 202 g/mol. The SMILES string of the molecule is C=CC.CC.CC(C)CC(N)C(N)=O. The van der Waals surface area contributed by atoms with Crippen LogP contribution in [0.25, 0.3) is 0 Å². The molecule has 1 amide bonds. The van der Waals surface area contributed by atoms with Gasteiger partial charge in [-0.1, -0.05) is 33.8 Å². The first-order valence-corrected chi connectivity index (χ1v) is 5.07. The van der Waals surface area contributed by atoms with E-state index in [1.807, 2.05) is 34.6 Å². The van der Waals surface area contributed by atoms with Crippen LogP contribution in [0.3, 0.4) is 0 Å². The number of primary amides is 1. The highest BCUT2D eigenvalue weighted by Crippen LogP contribution is 2.00. The number of hydrogen-bond donors (Lipinski definition) is 2. The summed E-state index contributed by atoms with van der Waals surface area (Å²) in [5.41, 5.74) is 10.3. The lowest BCUT2D eigenvalue weighted by atomic mass is 10.0. The van der Waals surface area contributed by atoms with Crippen molar-refractivity contribution in [1.29, 1.82) is 0 Å². The third kappa shape index (κ3) is 22.5. The van der Waals surface area contributed by atoms with Crippen molar-refractivity contribution < 1.29 is 4.79 Å².